The van der Waals surface area contributed by atoms with E-state index >= 15 is 0 Å². The molecule has 36 heteroatoms. The van der Waals surface area contributed by atoms with Gasteiger partial charge in [0.25, 0.3) is 0 Å². The molecule has 0 bridgehead atoms. The van der Waals surface area contributed by atoms with E-state index in [9.17, 15) is 50.5 Å². The molecule has 42 heavy (non-hydrogen) atoms. The van der Waals surface area contributed by atoms with Crippen molar-refractivity contribution in [1.29, 1.82) is 0 Å². The summed E-state index contributed by atoms with van der Waals surface area (Å²) >= 11 is 0. The van der Waals surface area contributed by atoms with Crippen LogP contribution in [0, 0.1) is 0 Å². The average molecular weight is 895 g/mol. The zero-order chi connectivity index (χ0) is 28.7. The third kappa shape index (κ3) is 28.5. The van der Waals surface area contributed by atoms with Crippen molar-refractivity contribution in [3.05, 3.63) is 0 Å². The smallest absolute Gasteiger partial charge is 0.264 e. The normalized spacial score (nSPS) is 25.0. The van der Waals surface area contributed by atoms with Crippen LogP contribution >= 0.6 is 0 Å². The van der Waals surface area contributed by atoms with Gasteiger partial charge in [-0.2, -0.15) is 50.5 Å². The Bertz CT molecular complexity index is 1170. The third-order valence-electron chi connectivity index (χ3n) is 3.34. The van der Waals surface area contributed by atoms with Crippen molar-refractivity contribution in [1.82, 2.24) is 0 Å². The Morgan fingerprint density at radius 1 is 0.262 bits per heavy atom. The molecule has 222 valence electrons. The molecule has 1 aliphatic carbocycles. The Labute approximate surface area is 495 Å². The molecule has 0 spiro atoms. The van der Waals surface area contributed by atoms with E-state index in [2.05, 4.69) is 25.1 Å². The fraction of sp³-hybridized carbons (Fsp3) is 1.00. The Morgan fingerprint density at radius 2 is 0.333 bits per heavy atom. The van der Waals surface area contributed by atoms with Gasteiger partial charge in [-0.25, -0.2) is 25.1 Å². The topological polar surface area (TPSA) is 382 Å². The monoisotopic (exact) mass is 894 g/mol. The van der Waals surface area contributed by atoms with Gasteiger partial charge in [-0.3, -0.25) is 27.3 Å². The van der Waals surface area contributed by atoms with Crippen molar-refractivity contribution < 1.29 is 103 Å². The quantitative estimate of drug-likeness (QED) is 0.0783. The molecule has 0 unspecified atom stereocenters. The summed E-state index contributed by atoms with van der Waals surface area (Å²) < 4.78 is 211. The molecule has 0 atom stereocenters. The van der Waals surface area contributed by atoms with E-state index in [4.69, 9.17) is 27.3 Å². The molecular weight excluding hydrogens is 883 g/mol. The second kappa shape index (κ2) is 25.2. The van der Waals surface area contributed by atoms with Crippen molar-refractivity contribution in [3.8, 4) is 0 Å². The second-order valence-corrected chi connectivity index (χ2v) is 12.2. The van der Waals surface area contributed by atoms with Crippen molar-refractivity contribution in [2.24, 2.45) is 0 Å². The average Bonchev–Trinajstić information content (AvgIpc) is 2.51. The fourth-order valence-corrected chi connectivity index (χ4v) is 5.62. The summed E-state index contributed by atoms with van der Waals surface area (Å²) in [7, 11) is -36.3. The molecule has 0 aromatic heterocycles. The van der Waals surface area contributed by atoms with E-state index in [1.54, 1.807) is 0 Å². The SMILES string of the molecule is O=S(=O)(O)OC1C(OS(=O)(=O)O)C(OS(=O)(=O)O)C(OS(=O)(=O)O)C(OS(=O)(=O)O)C1OS(=O)(=O)O.[K].[K].[K].[K].[K].[K]. The van der Waals surface area contributed by atoms with Crippen LogP contribution in [0.3, 0.4) is 0 Å². The standard InChI is InChI=1S/C6H12O24S6.6K/c7-31(8,9)25-1-2(26-32(10,11)12)4(28-34(16,17)18)6(30-36(22,23)24)5(29-35(19,20)21)3(1)27-33(13,14)15;;;;;;/h1-6H,(H,7,8,9)(H,10,11,12)(H,13,14,15)(H,16,17,18)(H,19,20,21)(H,22,23,24);;;;;;. The maximum Gasteiger partial charge on any atom is 0.397 e. The molecule has 0 saturated heterocycles. The summed E-state index contributed by atoms with van der Waals surface area (Å²) in [5.74, 6) is 0. The van der Waals surface area contributed by atoms with Gasteiger partial charge >= 0.3 is 62.4 Å². The van der Waals surface area contributed by atoms with E-state index in [-0.39, 0.29) is 308 Å². The molecule has 1 rings (SSSR count). The summed E-state index contributed by atoms with van der Waals surface area (Å²) in [6, 6.07) is 0. The third-order valence-corrected chi connectivity index (χ3v) is 6.13. The van der Waals surface area contributed by atoms with Crippen LogP contribution < -0.4 is 0 Å². The Balaban J connectivity index is -0.000000540. The first-order valence-corrected chi connectivity index (χ1v) is 15.7. The first kappa shape index (κ1) is 63.0. The van der Waals surface area contributed by atoms with Crippen LogP contribution in [0.25, 0.3) is 0 Å². The van der Waals surface area contributed by atoms with Crippen molar-refractivity contribution in [2.45, 2.75) is 36.6 Å². The molecule has 6 radical (unpaired) electrons. The maximum absolute atomic E-state index is 11.2. The van der Waals surface area contributed by atoms with E-state index in [1.165, 1.54) is 0 Å². The van der Waals surface area contributed by atoms with Gasteiger partial charge in [0, 0.05) is 308 Å². The molecule has 1 aliphatic rings. The maximum atomic E-state index is 11.2. The van der Waals surface area contributed by atoms with Crippen molar-refractivity contribution in [3.63, 3.8) is 0 Å². The molecule has 0 heterocycles. The number of hydrogen-bond acceptors (Lipinski definition) is 18. The molecule has 1 fully saturated rings. The Morgan fingerprint density at radius 3 is 0.381 bits per heavy atom. The van der Waals surface area contributed by atoms with E-state index < -0.39 is 99.0 Å². The van der Waals surface area contributed by atoms with Gasteiger partial charge in [-0.15, -0.1) is 0 Å². The zero-order valence-electron chi connectivity index (χ0n) is 21.9. The first-order valence-electron chi connectivity index (χ1n) is 7.51. The minimum Gasteiger partial charge on any atom is -0.264 e. The summed E-state index contributed by atoms with van der Waals surface area (Å²) in [5.41, 5.74) is 0. The summed E-state index contributed by atoms with van der Waals surface area (Å²) in [6.07, 6.45) is -20.4. The Hall–Kier alpha value is 9.04. The van der Waals surface area contributed by atoms with E-state index in [0.29, 0.717) is 0 Å². The molecule has 0 aliphatic heterocycles. The van der Waals surface area contributed by atoms with Gasteiger partial charge in [0.1, 0.15) is 36.6 Å². The van der Waals surface area contributed by atoms with E-state index in [0.717, 1.165) is 0 Å². The minimum absolute atomic E-state index is 0. The van der Waals surface area contributed by atoms with Gasteiger partial charge in [0.2, 0.25) is 0 Å². The summed E-state index contributed by atoms with van der Waals surface area (Å²) in [6.45, 7) is 0. The van der Waals surface area contributed by atoms with Gasteiger partial charge in [0.05, 0.1) is 0 Å². The minimum atomic E-state index is -6.04. The predicted molar refractivity (Wildman–Crippen MR) is 133 cm³/mol. The first-order chi connectivity index (χ1) is 15.6. The van der Waals surface area contributed by atoms with E-state index in [1.807, 2.05) is 0 Å². The van der Waals surface area contributed by atoms with Gasteiger partial charge < -0.3 is 0 Å². The largest absolute Gasteiger partial charge is 0.397 e. The van der Waals surface area contributed by atoms with Crippen LogP contribution in [0.2, 0.25) is 0 Å². The van der Waals surface area contributed by atoms with Gasteiger partial charge in [0.15, 0.2) is 0 Å². The molecular formula is C6H12K6O24S6. The Kier molecular flexibility index (Phi) is 37.9. The van der Waals surface area contributed by atoms with Crippen molar-refractivity contribution in [2.75, 3.05) is 0 Å². The molecule has 0 aromatic rings. The molecule has 24 nitrogen and oxygen atoms in total. The van der Waals surface area contributed by atoms with Crippen LogP contribution in [0.15, 0.2) is 0 Å². The van der Waals surface area contributed by atoms with Crippen molar-refractivity contribution >= 4 is 371 Å². The van der Waals surface area contributed by atoms with Crippen LogP contribution in [0.4, 0.5) is 0 Å². The molecule has 1 saturated carbocycles. The van der Waals surface area contributed by atoms with Gasteiger partial charge in [-0.1, -0.05) is 0 Å². The molecule has 0 aromatic carbocycles. The van der Waals surface area contributed by atoms with Crippen LogP contribution in [0.1, 0.15) is 0 Å². The molecule has 0 amide bonds. The number of hydrogen-bond donors (Lipinski definition) is 6. The predicted octanol–water partition coefficient (Wildman–Crippen LogP) is -7.16. The van der Waals surface area contributed by atoms with Crippen LogP contribution in [0.5, 0.6) is 0 Å². The zero-order valence-corrected chi connectivity index (χ0v) is 45.6. The summed E-state index contributed by atoms with van der Waals surface area (Å²) in [5, 5.41) is 0. The molecule has 6 N–H and O–H groups in total. The fourth-order valence-electron chi connectivity index (χ4n) is 2.62. The number of rotatable bonds is 12. The van der Waals surface area contributed by atoms with Crippen LogP contribution in [-0.4, -0.2) is 423 Å². The van der Waals surface area contributed by atoms with Crippen LogP contribution in [-0.2, 0) is 87.5 Å². The van der Waals surface area contributed by atoms with Gasteiger partial charge in [-0.05, 0) is 0 Å². The second-order valence-electron chi connectivity index (χ2n) is 5.93. The summed E-state index contributed by atoms with van der Waals surface area (Å²) in [4.78, 5) is 0.